The zero-order valence-corrected chi connectivity index (χ0v) is 37.3. The van der Waals surface area contributed by atoms with Crippen LogP contribution < -0.4 is 14.9 Å². The fraction of sp³-hybridized carbons (Fsp3) is 0.500. The lowest BCUT2D eigenvalue weighted by Gasteiger charge is -2.37. The van der Waals surface area contributed by atoms with E-state index in [0.717, 1.165) is 50.5 Å². The molecule has 330 valence electrons. The van der Waals surface area contributed by atoms with Crippen LogP contribution in [0, 0.1) is 0 Å². The van der Waals surface area contributed by atoms with E-state index in [1.165, 1.54) is 49.6 Å². The normalized spacial score (nSPS) is 24.1. The van der Waals surface area contributed by atoms with E-state index in [2.05, 4.69) is 21.5 Å². The smallest absolute Gasteiger partial charge is 0.355 e. The van der Waals surface area contributed by atoms with Crippen LogP contribution in [-0.2, 0) is 28.4 Å². The van der Waals surface area contributed by atoms with Gasteiger partial charge in [-0.1, -0.05) is 43.2 Å². The van der Waals surface area contributed by atoms with Crippen molar-refractivity contribution in [3.05, 3.63) is 95.1 Å². The Kier molecular flexibility index (Phi) is 12.6. The van der Waals surface area contributed by atoms with Crippen molar-refractivity contribution in [2.75, 3.05) is 20.3 Å². The number of ether oxygens (including phenoxy) is 2. The second kappa shape index (κ2) is 17.8. The summed E-state index contributed by atoms with van der Waals surface area (Å²) >= 11 is 1.19. The van der Waals surface area contributed by atoms with Crippen LogP contribution in [0.5, 0.6) is 5.75 Å². The summed E-state index contributed by atoms with van der Waals surface area (Å²) in [5, 5.41) is 6.13. The first-order valence-electron chi connectivity index (χ1n) is 21.6. The van der Waals surface area contributed by atoms with Crippen molar-refractivity contribution >= 4 is 52.6 Å². The molecule has 7 atom stereocenters. The van der Waals surface area contributed by atoms with Crippen molar-refractivity contribution in [1.29, 1.82) is 0 Å². The average Bonchev–Trinajstić information content (AvgIpc) is 3.54. The molecule has 0 bridgehead atoms. The van der Waals surface area contributed by atoms with E-state index >= 15 is 4.39 Å². The van der Waals surface area contributed by atoms with Crippen LogP contribution in [0.25, 0.3) is 10.1 Å². The number of aromatic nitrogens is 1. The molecular weight excluding hydrogens is 833 g/mol. The number of hydrogen-bond donors (Lipinski definition) is 2. The number of nitrogens with zero attached hydrogens (tertiary/aromatic N) is 3. The molecule has 1 aliphatic carbocycles. The molecule has 8 rings (SSSR count). The Morgan fingerprint density at radius 2 is 1.81 bits per heavy atom. The van der Waals surface area contributed by atoms with Gasteiger partial charge in [0.05, 0.1) is 10.5 Å². The molecule has 1 unspecified atom stereocenters. The van der Waals surface area contributed by atoms with E-state index in [4.69, 9.17) is 14.0 Å². The Hall–Kier alpha value is -4.69. The third kappa shape index (κ3) is 9.18. The van der Waals surface area contributed by atoms with Gasteiger partial charge >= 0.3 is 13.5 Å². The number of benzene rings is 2. The van der Waals surface area contributed by atoms with Gasteiger partial charge in [0, 0.05) is 48.2 Å². The van der Waals surface area contributed by atoms with Crippen LogP contribution in [0.4, 0.5) is 4.39 Å². The van der Waals surface area contributed by atoms with E-state index < -0.39 is 49.0 Å². The Morgan fingerprint density at radius 1 is 1.03 bits per heavy atom. The zero-order chi connectivity index (χ0) is 43.8. The van der Waals surface area contributed by atoms with Crippen molar-refractivity contribution in [3.63, 3.8) is 0 Å². The maximum Gasteiger partial charge on any atom is 0.355 e. The van der Waals surface area contributed by atoms with Gasteiger partial charge in [0.2, 0.25) is 17.7 Å². The minimum absolute atomic E-state index is 0.0105. The molecule has 2 aromatic carbocycles. The summed E-state index contributed by atoms with van der Waals surface area (Å²) < 4.78 is 48.4. The van der Waals surface area contributed by atoms with Crippen molar-refractivity contribution in [1.82, 2.24) is 25.2 Å². The Labute approximate surface area is 365 Å². The van der Waals surface area contributed by atoms with E-state index in [1.807, 2.05) is 17.2 Å². The lowest BCUT2D eigenvalue weighted by atomic mass is 9.97. The topological polar surface area (TPSA) is 156 Å². The van der Waals surface area contributed by atoms with Crippen LogP contribution in [0.1, 0.15) is 111 Å². The molecule has 4 aromatic rings. The summed E-state index contributed by atoms with van der Waals surface area (Å²) in [4.78, 5) is 64.3. The summed E-state index contributed by atoms with van der Waals surface area (Å²) in [5.41, 5.74) is 0.220. The molecule has 5 heterocycles. The number of para-hydroxylation sites is 1. The first kappa shape index (κ1) is 43.9. The number of esters is 1. The number of carbonyl (C=O) groups is 4. The van der Waals surface area contributed by atoms with E-state index in [0.29, 0.717) is 34.3 Å². The second-order valence-corrected chi connectivity index (χ2v) is 21.0. The number of thiophene rings is 1. The molecule has 2 N–H and O–H groups in total. The standard InChI is InChI=1S/C46H55FN5O8PS/c1-29(44(56)59-28-45(2,3)58-4)50-61(57,60-35-13-6-5-7-14-35)40(47)30-16-19-38-32(23-30)24-39(62-38)41(53)49-36-15-9-8-12-34-17-18-37(52(34)42(36)54)43(55)51-27-33(25-46(51)20-21-46)31-11-10-22-48-26-31/h5-7,10-11,13-14,16,19,22-24,26,29,33-34,36-37,40H,8-9,12,15,17-18,20-21,25,27-28H2,1-4H3,(H,49,53)(H,50,57)/t29-,33-,34-,36-,37-,40+,61?/m0/s1. The van der Waals surface area contributed by atoms with Crippen LogP contribution in [0.3, 0.4) is 0 Å². The van der Waals surface area contributed by atoms with Crippen LogP contribution in [-0.4, -0.2) is 94.0 Å². The number of hydrogen-bond acceptors (Lipinski definition) is 10. The quantitative estimate of drug-likeness (QED) is 0.0938. The summed E-state index contributed by atoms with van der Waals surface area (Å²) in [6, 6.07) is 15.7. The number of rotatable bonds is 14. The fourth-order valence-electron chi connectivity index (χ4n) is 9.19. The van der Waals surface area contributed by atoms with Gasteiger partial charge in [0.15, 0.2) is 0 Å². The van der Waals surface area contributed by atoms with Gasteiger partial charge in [-0.25, -0.2) is 9.48 Å². The Balaban J connectivity index is 0.973. The number of carbonyl (C=O) groups excluding carboxylic acids is 4. The molecule has 4 aliphatic rings. The number of fused-ring (bicyclic) bond motifs is 2. The van der Waals surface area contributed by atoms with Gasteiger partial charge in [-0.15, -0.1) is 11.3 Å². The predicted molar refractivity (Wildman–Crippen MR) is 234 cm³/mol. The van der Waals surface area contributed by atoms with Crippen LogP contribution in [0.2, 0.25) is 0 Å². The molecule has 62 heavy (non-hydrogen) atoms. The first-order valence-corrected chi connectivity index (χ1v) is 24.1. The van der Waals surface area contributed by atoms with Crippen LogP contribution >= 0.6 is 18.9 Å². The number of methoxy groups -OCH3 is 1. The Bertz CT molecular complexity index is 2340. The van der Waals surface area contributed by atoms with Gasteiger partial charge in [0.25, 0.3) is 5.91 Å². The lowest BCUT2D eigenvalue weighted by molar-refractivity contribution is -0.153. The van der Waals surface area contributed by atoms with Gasteiger partial charge in [-0.05, 0) is 119 Å². The highest BCUT2D eigenvalue weighted by Crippen LogP contribution is 2.58. The second-order valence-electron chi connectivity index (χ2n) is 17.8. The summed E-state index contributed by atoms with van der Waals surface area (Å²) in [7, 11) is -3.02. The van der Waals surface area contributed by atoms with E-state index in [-0.39, 0.29) is 47.2 Å². The van der Waals surface area contributed by atoms with Crippen LogP contribution in [0.15, 0.2) is 79.1 Å². The molecule has 3 saturated heterocycles. The molecule has 2 aromatic heterocycles. The first-order chi connectivity index (χ1) is 29.7. The maximum atomic E-state index is 16.7. The molecular formula is C46H55FN5O8PS. The maximum absolute atomic E-state index is 16.7. The highest BCUT2D eigenvalue weighted by molar-refractivity contribution is 7.57. The van der Waals surface area contributed by atoms with Gasteiger partial charge in [-0.2, -0.15) is 0 Å². The molecule has 0 radical (unpaired) electrons. The number of likely N-dealkylation sites (tertiary alicyclic amines) is 1. The number of pyridine rings is 1. The van der Waals surface area contributed by atoms with Crippen molar-refractivity contribution in [3.8, 4) is 5.75 Å². The van der Waals surface area contributed by atoms with E-state index in [1.54, 1.807) is 55.3 Å². The van der Waals surface area contributed by atoms with E-state index in [9.17, 15) is 23.7 Å². The summed E-state index contributed by atoms with van der Waals surface area (Å²) in [6.45, 7) is 5.43. The summed E-state index contributed by atoms with van der Waals surface area (Å²) in [6.07, 6.45) is 10.7. The average molecular weight is 888 g/mol. The Morgan fingerprint density at radius 3 is 2.53 bits per heavy atom. The minimum atomic E-state index is -4.51. The molecule has 13 nitrogen and oxygen atoms in total. The molecule has 3 aliphatic heterocycles. The monoisotopic (exact) mass is 887 g/mol. The molecule has 3 amide bonds. The molecule has 1 saturated carbocycles. The summed E-state index contributed by atoms with van der Waals surface area (Å²) in [5.74, 6) is -3.29. The SMILES string of the molecule is COC(C)(C)COC(=O)[C@H](C)NP(=O)(Oc1ccccc1)[C@@H](F)c1ccc2sc(C(=O)N[C@H]3CCCC[C@H]4CC[C@@H](C(=O)N5C[C@@H](c6cccnc6)CC56CC6)N4C3=O)cc2c1. The van der Waals surface area contributed by atoms with Gasteiger partial charge < -0.3 is 29.1 Å². The number of amides is 3. The largest absolute Gasteiger partial charge is 0.461 e. The third-order valence-corrected chi connectivity index (χ3v) is 16.2. The lowest BCUT2D eigenvalue weighted by Crippen LogP contribution is -2.57. The third-order valence-electron chi connectivity index (χ3n) is 12.9. The number of halogens is 1. The molecule has 4 fully saturated rings. The fourth-order valence-corrected chi connectivity index (χ4v) is 12.0. The highest BCUT2D eigenvalue weighted by atomic mass is 32.1. The predicted octanol–water partition coefficient (Wildman–Crippen LogP) is 8.06. The number of nitrogens with one attached hydrogen (secondary N) is 2. The van der Waals surface area contributed by atoms with Gasteiger partial charge in [0.1, 0.15) is 30.5 Å². The van der Waals surface area contributed by atoms with Crippen molar-refractivity contribution in [2.45, 2.75) is 126 Å². The highest BCUT2D eigenvalue weighted by Gasteiger charge is 2.58. The number of alkyl halides is 1. The zero-order valence-electron chi connectivity index (χ0n) is 35.6. The van der Waals surface area contributed by atoms with Gasteiger partial charge in [-0.3, -0.25) is 28.7 Å². The van der Waals surface area contributed by atoms with Crippen molar-refractivity contribution < 1.29 is 42.1 Å². The molecule has 1 spiro atoms. The molecule has 16 heteroatoms. The van der Waals surface area contributed by atoms with Crippen molar-refractivity contribution in [2.24, 2.45) is 0 Å². The minimum Gasteiger partial charge on any atom is -0.461 e.